The Hall–Kier alpha value is -0.120. The van der Waals surface area contributed by atoms with E-state index in [1.807, 2.05) is 0 Å². The van der Waals surface area contributed by atoms with Crippen molar-refractivity contribution in [3.63, 3.8) is 0 Å². The zero-order chi connectivity index (χ0) is 18.1. The Labute approximate surface area is 152 Å². The van der Waals surface area contributed by atoms with Gasteiger partial charge in [-0.05, 0) is 62.7 Å². The summed E-state index contributed by atoms with van der Waals surface area (Å²) in [6, 6.07) is 0. The van der Waals surface area contributed by atoms with Crippen LogP contribution < -0.4 is 0 Å². The average Bonchev–Trinajstić information content (AvgIpc) is 2.52. The maximum atomic E-state index is 5.29. The second-order valence-electron chi connectivity index (χ2n) is 9.98. The van der Waals surface area contributed by atoms with Gasteiger partial charge in [0.1, 0.15) is 0 Å². The Bertz CT molecular complexity index is 273. The van der Waals surface area contributed by atoms with Gasteiger partial charge in [0.2, 0.25) is 0 Å². The lowest BCUT2D eigenvalue weighted by Crippen LogP contribution is -2.37. The highest BCUT2D eigenvalue weighted by Crippen LogP contribution is 2.20. The normalized spacial score (nSPS) is 21.2. The van der Waals surface area contributed by atoms with E-state index in [0.29, 0.717) is 10.8 Å². The SMILES string of the molecule is CC(C)(C)CCN1CCCCC1.CC(C)(C)CCN1CCOCC1. The van der Waals surface area contributed by atoms with E-state index < -0.39 is 0 Å². The Kier molecular flexibility index (Phi) is 9.84. The Morgan fingerprint density at radius 2 is 1.04 bits per heavy atom. The zero-order valence-corrected chi connectivity index (χ0v) is 17.5. The van der Waals surface area contributed by atoms with Gasteiger partial charge in [0, 0.05) is 13.1 Å². The molecule has 0 aliphatic carbocycles. The van der Waals surface area contributed by atoms with Crippen molar-refractivity contribution in [1.82, 2.24) is 9.80 Å². The third-order valence-electron chi connectivity index (χ3n) is 4.91. The molecule has 2 aliphatic rings. The molecule has 0 aromatic carbocycles. The largest absolute Gasteiger partial charge is 0.379 e. The third kappa shape index (κ3) is 12.3. The number of hydrogen-bond donors (Lipinski definition) is 0. The molecule has 0 unspecified atom stereocenters. The number of nitrogens with zero attached hydrogens (tertiary/aromatic N) is 2. The fourth-order valence-corrected chi connectivity index (χ4v) is 2.99. The molecule has 3 heteroatoms. The van der Waals surface area contributed by atoms with Gasteiger partial charge in [0.25, 0.3) is 0 Å². The van der Waals surface area contributed by atoms with E-state index in [-0.39, 0.29) is 0 Å². The molecule has 0 N–H and O–H groups in total. The summed E-state index contributed by atoms with van der Waals surface area (Å²) in [6.45, 7) is 23.2. The van der Waals surface area contributed by atoms with Crippen molar-refractivity contribution in [3.8, 4) is 0 Å². The molecular weight excluding hydrogens is 296 g/mol. The summed E-state index contributed by atoms with van der Waals surface area (Å²) in [5.41, 5.74) is 0.982. The molecular formula is C21H44N2O. The summed E-state index contributed by atoms with van der Waals surface area (Å²) >= 11 is 0. The topological polar surface area (TPSA) is 15.7 Å². The van der Waals surface area contributed by atoms with Gasteiger partial charge in [0.15, 0.2) is 0 Å². The van der Waals surface area contributed by atoms with Crippen LogP contribution in [0.4, 0.5) is 0 Å². The van der Waals surface area contributed by atoms with E-state index in [2.05, 4.69) is 51.3 Å². The van der Waals surface area contributed by atoms with Crippen LogP contribution in [0.15, 0.2) is 0 Å². The van der Waals surface area contributed by atoms with Gasteiger partial charge in [-0.3, -0.25) is 4.90 Å². The molecule has 0 atom stereocenters. The molecule has 2 rings (SSSR count). The number of hydrogen-bond acceptors (Lipinski definition) is 3. The molecule has 0 saturated carbocycles. The number of ether oxygens (including phenoxy) is 1. The molecule has 2 aliphatic heterocycles. The van der Waals surface area contributed by atoms with Crippen LogP contribution in [0.2, 0.25) is 0 Å². The maximum absolute atomic E-state index is 5.29. The minimum Gasteiger partial charge on any atom is -0.379 e. The first-order valence-electron chi connectivity index (χ1n) is 10.2. The first-order chi connectivity index (χ1) is 11.2. The fraction of sp³-hybridized carbons (Fsp3) is 1.00. The van der Waals surface area contributed by atoms with E-state index in [4.69, 9.17) is 4.74 Å². The summed E-state index contributed by atoms with van der Waals surface area (Å²) in [5.74, 6) is 0. The Morgan fingerprint density at radius 1 is 0.625 bits per heavy atom. The maximum Gasteiger partial charge on any atom is 0.0594 e. The highest BCUT2D eigenvalue weighted by Gasteiger charge is 2.15. The monoisotopic (exact) mass is 340 g/mol. The molecule has 0 aromatic rings. The Morgan fingerprint density at radius 3 is 1.46 bits per heavy atom. The highest BCUT2D eigenvalue weighted by atomic mass is 16.5. The minimum absolute atomic E-state index is 0.471. The quantitative estimate of drug-likeness (QED) is 0.740. The first kappa shape index (κ1) is 21.9. The lowest BCUT2D eigenvalue weighted by molar-refractivity contribution is 0.0333. The van der Waals surface area contributed by atoms with Crippen molar-refractivity contribution in [2.45, 2.75) is 73.6 Å². The van der Waals surface area contributed by atoms with E-state index in [9.17, 15) is 0 Å². The number of piperidine rings is 1. The molecule has 0 radical (unpaired) electrons. The van der Waals surface area contributed by atoms with Gasteiger partial charge in [-0.2, -0.15) is 0 Å². The first-order valence-corrected chi connectivity index (χ1v) is 10.2. The number of morpholine rings is 1. The number of likely N-dealkylation sites (tertiary alicyclic amines) is 1. The Balaban J connectivity index is 0.000000240. The minimum atomic E-state index is 0.471. The van der Waals surface area contributed by atoms with Crippen LogP contribution in [0.1, 0.15) is 73.6 Å². The van der Waals surface area contributed by atoms with Gasteiger partial charge < -0.3 is 9.64 Å². The van der Waals surface area contributed by atoms with E-state index in [0.717, 1.165) is 26.3 Å². The van der Waals surface area contributed by atoms with Crippen molar-refractivity contribution in [2.24, 2.45) is 10.8 Å². The summed E-state index contributed by atoms with van der Waals surface area (Å²) in [4.78, 5) is 5.11. The van der Waals surface area contributed by atoms with Crippen LogP contribution in [0.25, 0.3) is 0 Å². The van der Waals surface area contributed by atoms with Crippen LogP contribution in [0.5, 0.6) is 0 Å². The molecule has 2 heterocycles. The molecule has 2 saturated heterocycles. The smallest absolute Gasteiger partial charge is 0.0594 e. The van der Waals surface area contributed by atoms with E-state index in [1.165, 1.54) is 58.3 Å². The third-order valence-corrected chi connectivity index (χ3v) is 4.91. The highest BCUT2D eigenvalue weighted by molar-refractivity contribution is 4.69. The molecule has 0 bridgehead atoms. The standard InChI is InChI=1S/C11H23N.C10H21NO/c1-11(2,3)7-10-12-8-5-4-6-9-12;1-10(2,3)4-5-11-6-8-12-9-7-11/h4-10H2,1-3H3;4-9H2,1-3H3. The molecule has 3 nitrogen and oxygen atoms in total. The summed E-state index contributed by atoms with van der Waals surface area (Å²) in [5, 5.41) is 0. The van der Waals surface area contributed by atoms with Crippen LogP contribution >= 0.6 is 0 Å². The molecule has 0 amide bonds. The molecule has 24 heavy (non-hydrogen) atoms. The fourth-order valence-electron chi connectivity index (χ4n) is 2.99. The van der Waals surface area contributed by atoms with Gasteiger partial charge in [0.05, 0.1) is 13.2 Å². The molecule has 0 aromatic heterocycles. The lowest BCUT2D eigenvalue weighted by atomic mass is 9.92. The average molecular weight is 341 g/mol. The zero-order valence-electron chi connectivity index (χ0n) is 17.5. The molecule has 0 spiro atoms. The second kappa shape index (κ2) is 10.8. The summed E-state index contributed by atoms with van der Waals surface area (Å²) in [7, 11) is 0. The summed E-state index contributed by atoms with van der Waals surface area (Å²) < 4.78 is 5.29. The van der Waals surface area contributed by atoms with Gasteiger partial charge in [-0.1, -0.05) is 48.0 Å². The lowest BCUT2D eigenvalue weighted by Gasteiger charge is -2.29. The number of rotatable bonds is 4. The van der Waals surface area contributed by atoms with Crippen LogP contribution in [-0.4, -0.2) is 62.3 Å². The van der Waals surface area contributed by atoms with Crippen molar-refractivity contribution in [1.29, 1.82) is 0 Å². The van der Waals surface area contributed by atoms with Gasteiger partial charge >= 0.3 is 0 Å². The molecule has 144 valence electrons. The van der Waals surface area contributed by atoms with Crippen molar-refractivity contribution >= 4 is 0 Å². The predicted molar refractivity (Wildman–Crippen MR) is 106 cm³/mol. The van der Waals surface area contributed by atoms with Crippen molar-refractivity contribution in [2.75, 3.05) is 52.5 Å². The van der Waals surface area contributed by atoms with Crippen LogP contribution in [0, 0.1) is 10.8 Å². The van der Waals surface area contributed by atoms with Crippen LogP contribution in [0.3, 0.4) is 0 Å². The predicted octanol–water partition coefficient (Wildman–Crippen LogP) is 4.66. The van der Waals surface area contributed by atoms with Crippen molar-refractivity contribution < 1.29 is 4.74 Å². The van der Waals surface area contributed by atoms with E-state index >= 15 is 0 Å². The second-order valence-corrected chi connectivity index (χ2v) is 9.98. The van der Waals surface area contributed by atoms with Crippen LogP contribution in [-0.2, 0) is 4.74 Å². The molecule has 2 fully saturated rings. The van der Waals surface area contributed by atoms with E-state index in [1.54, 1.807) is 0 Å². The van der Waals surface area contributed by atoms with Crippen molar-refractivity contribution in [3.05, 3.63) is 0 Å². The summed E-state index contributed by atoms with van der Waals surface area (Å²) in [6.07, 6.45) is 6.92. The van der Waals surface area contributed by atoms with Gasteiger partial charge in [-0.15, -0.1) is 0 Å². The van der Waals surface area contributed by atoms with Gasteiger partial charge in [-0.25, -0.2) is 0 Å².